The van der Waals surface area contributed by atoms with Crippen molar-refractivity contribution in [2.45, 2.75) is 52.4 Å². The third kappa shape index (κ3) is 3.87. The first kappa shape index (κ1) is 19.9. The van der Waals surface area contributed by atoms with Gasteiger partial charge in [-0.1, -0.05) is 19.1 Å². The molecule has 2 N–H and O–H groups in total. The lowest BCUT2D eigenvalue weighted by Gasteiger charge is -2.46. The highest BCUT2D eigenvalue weighted by Crippen LogP contribution is 2.44. The van der Waals surface area contributed by atoms with Gasteiger partial charge in [-0.15, -0.1) is 0 Å². The normalized spacial score (nSPS) is 25.2. The first-order valence-corrected chi connectivity index (χ1v) is 10.4. The molecule has 4 rings (SSSR count). The van der Waals surface area contributed by atoms with Gasteiger partial charge in [-0.3, -0.25) is 0 Å². The number of rotatable bonds is 4. The molecule has 154 valence electrons. The summed E-state index contributed by atoms with van der Waals surface area (Å²) in [7, 11) is 0. The summed E-state index contributed by atoms with van der Waals surface area (Å²) in [4.78, 5) is 11.1. The van der Waals surface area contributed by atoms with Crippen molar-refractivity contribution in [1.82, 2.24) is 9.97 Å². The van der Waals surface area contributed by atoms with Crippen molar-refractivity contribution in [3.8, 4) is 0 Å². The second-order valence-corrected chi connectivity index (χ2v) is 8.11. The van der Waals surface area contributed by atoms with Gasteiger partial charge in [0.15, 0.2) is 0 Å². The van der Waals surface area contributed by atoms with Gasteiger partial charge in [-0.25, -0.2) is 9.97 Å². The topological polar surface area (TPSA) is 70.5 Å². The van der Waals surface area contributed by atoms with Crippen molar-refractivity contribution in [1.29, 1.82) is 0 Å². The van der Waals surface area contributed by atoms with Crippen LogP contribution in [0.15, 0.2) is 36.5 Å². The third-order valence-corrected chi connectivity index (χ3v) is 6.18. The first-order chi connectivity index (χ1) is 14.0. The molecule has 0 saturated carbocycles. The average Bonchev–Trinajstić information content (AvgIpc) is 2.72. The van der Waals surface area contributed by atoms with Crippen LogP contribution in [0, 0.1) is 12.8 Å². The number of fused-ring (bicyclic) bond motifs is 1. The molecule has 0 bridgehead atoms. The van der Waals surface area contributed by atoms with E-state index < -0.39 is 6.23 Å². The van der Waals surface area contributed by atoms with Crippen LogP contribution in [-0.4, -0.2) is 40.6 Å². The molecule has 2 aliphatic heterocycles. The Hall–Kier alpha value is -2.44. The van der Waals surface area contributed by atoms with Crippen LogP contribution in [0.2, 0.25) is 0 Å². The van der Waals surface area contributed by atoms with Gasteiger partial charge in [0.1, 0.15) is 6.23 Å². The molecule has 0 fully saturated rings. The predicted octanol–water partition coefficient (Wildman–Crippen LogP) is 3.92. The van der Waals surface area contributed by atoms with E-state index in [0.717, 1.165) is 24.4 Å². The number of anilines is 2. The van der Waals surface area contributed by atoms with Gasteiger partial charge in [0, 0.05) is 29.5 Å². The number of aryl methyl sites for hydroxylation is 1. The highest BCUT2D eigenvalue weighted by Gasteiger charge is 2.38. The van der Waals surface area contributed by atoms with Gasteiger partial charge in [0.25, 0.3) is 0 Å². The Balaban J connectivity index is 1.79. The molecule has 0 spiro atoms. The molecule has 2 aliphatic rings. The average molecular weight is 395 g/mol. The minimum Gasteiger partial charge on any atom is -0.377 e. The zero-order valence-corrected chi connectivity index (χ0v) is 17.6. The Bertz CT molecular complexity index is 912. The molecule has 3 heterocycles. The number of aromatic nitrogens is 2. The van der Waals surface area contributed by atoms with E-state index in [1.54, 1.807) is 6.20 Å². The molecule has 2 unspecified atom stereocenters. The minimum atomic E-state index is -0.560. The molecule has 2 aromatic rings. The molecule has 0 aliphatic carbocycles. The summed E-state index contributed by atoms with van der Waals surface area (Å²) in [5.74, 6) is 0.890. The SMILES string of the molecule is Cc1ccnc(NC2c3cc(C4=CCOCC4)ccc3N(C(C)O)[C@@H](C)[C@@H]2C)n1. The van der Waals surface area contributed by atoms with Crippen molar-refractivity contribution in [2.75, 3.05) is 23.4 Å². The summed E-state index contributed by atoms with van der Waals surface area (Å²) >= 11 is 0. The van der Waals surface area contributed by atoms with Crippen molar-refractivity contribution < 1.29 is 9.84 Å². The van der Waals surface area contributed by atoms with E-state index in [0.29, 0.717) is 12.6 Å². The Morgan fingerprint density at radius 2 is 2.10 bits per heavy atom. The standard InChI is InChI=1S/C23H30N4O2/c1-14-7-10-24-23(25-14)26-22-15(2)16(3)27(17(4)28)21-6-5-19(13-20(21)22)18-8-11-29-12-9-18/h5-8,10,13,15-17,22,28H,9,11-12H2,1-4H3,(H,24,25,26)/t15-,16-,17?,22?/m0/s1. The molecule has 0 amide bonds. The maximum Gasteiger partial charge on any atom is 0.223 e. The van der Waals surface area contributed by atoms with E-state index >= 15 is 0 Å². The summed E-state index contributed by atoms with van der Waals surface area (Å²) < 4.78 is 5.48. The first-order valence-electron chi connectivity index (χ1n) is 10.4. The van der Waals surface area contributed by atoms with E-state index in [-0.39, 0.29) is 18.0 Å². The second-order valence-electron chi connectivity index (χ2n) is 8.11. The quantitative estimate of drug-likeness (QED) is 0.819. The van der Waals surface area contributed by atoms with Crippen molar-refractivity contribution in [2.24, 2.45) is 5.92 Å². The number of ether oxygens (including phenoxy) is 1. The van der Waals surface area contributed by atoms with Gasteiger partial charge >= 0.3 is 0 Å². The molecule has 0 radical (unpaired) electrons. The highest BCUT2D eigenvalue weighted by molar-refractivity contribution is 5.72. The second kappa shape index (κ2) is 8.13. The molecule has 1 aromatic heterocycles. The maximum absolute atomic E-state index is 10.5. The zero-order valence-electron chi connectivity index (χ0n) is 17.6. The summed E-state index contributed by atoms with van der Waals surface area (Å²) in [6.45, 7) is 9.61. The van der Waals surface area contributed by atoms with Gasteiger partial charge in [-0.2, -0.15) is 0 Å². The Morgan fingerprint density at radius 3 is 2.79 bits per heavy atom. The lowest BCUT2D eigenvalue weighted by Crippen LogP contribution is -2.50. The van der Waals surface area contributed by atoms with E-state index in [2.05, 4.69) is 58.3 Å². The van der Waals surface area contributed by atoms with Gasteiger partial charge in [-0.05, 0) is 62.1 Å². The summed E-state index contributed by atoms with van der Waals surface area (Å²) in [6, 6.07) is 8.68. The zero-order chi connectivity index (χ0) is 20.5. The van der Waals surface area contributed by atoms with Crippen LogP contribution in [0.5, 0.6) is 0 Å². The summed E-state index contributed by atoms with van der Waals surface area (Å²) in [5, 5.41) is 14.1. The van der Waals surface area contributed by atoms with Crippen molar-refractivity contribution in [3.05, 3.63) is 53.4 Å². The minimum absolute atomic E-state index is 0.0530. The monoisotopic (exact) mass is 394 g/mol. The molecular formula is C23H30N4O2. The van der Waals surface area contributed by atoms with E-state index in [4.69, 9.17) is 4.74 Å². The lowest BCUT2D eigenvalue weighted by atomic mass is 9.81. The predicted molar refractivity (Wildman–Crippen MR) is 116 cm³/mol. The van der Waals surface area contributed by atoms with E-state index in [9.17, 15) is 5.11 Å². The summed E-state index contributed by atoms with van der Waals surface area (Å²) in [5.41, 5.74) is 5.71. The van der Waals surface area contributed by atoms with Crippen LogP contribution in [0.3, 0.4) is 0 Å². The number of nitrogens with one attached hydrogen (secondary N) is 1. The van der Waals surface area contributed by atoms with Crippen LogP contribution in [0.25, 0.3) is 5.57 Å². The molecular weight excluding hydrogens is 364 g/mol. The van der Waals surface area contributed by atoms with E-state index in [1.807, 2.05) is 19.9 Å². The number of aliphatic hydroxyl groups excluding tert-OH is 1. The number of hydrogen-bond acceptors (Lipinski definition) is 6. The van der Waals surface area contributed by atoms with E-state index in [1.165, 1.54) is 16.7 Å². The lowest BCUT2D eigenvalue weighted by molar-refractivity contribution is 0.161. The number of nitrogens with zero attached hydrogens (tertiary/aromatic N) is 3. The highest BCUT2D eigenvalue weighted by atomic mass is 16.5. The maximum atomic E-state index is 10.5. The molecule has 6 heteroatoms. The molecule has 1 aromatic carbocycles. The molecule has 6 nitrogen and oxygen atoms in total. The Labute approximate surface area is 172 Å². The van der Waals surface area contributed by atoms with Gasteiger partial charge < -0.3 is 20.1 Å². The summed E-state index contributed by atoms with van der Waals surface area (Å²) in [6.07, 6.45) is 4.31. The largest absolute Gasteiger partial charge is 0.377 e. The fraction of sp³-hybridized carbons (Fsp3) is 0.478. The number of aliphatic hydroxyl groups is 1. The Kier molecular flexibility index (Phi) is 5.56. The van der Waals surface area contributed by atoms with Crippen molar-refractivity contribution in [3.63, 3.8) is 0 Å². The fourth-order valence-corrected chi connectivity index (χ4v) is 4.47. The van der Waals surface area contributed by atoms with Crippen LogP contribution in [0.4, 0.5) is 11.6 Å². The van der Waals surface area contributed by atoms with Crippen LogP contribution in [-0.2, 0) is 4.74 Å². The van der Waals surface area contributed by atoms with Gasteiger partial charge in [0.05, 0.1) is 19.3 Å². The molecule has 29 heavy (non-hydrogen) atoms. The number of hydrogen-bond donors (Lipinski definition) is 2. The van der Waals surface area contributed by atoms with Gasteiger partial charge in [0.2, 0.25) is 5.95 Å². The third-order valence-electron chi connectivity index (χ3n) is 6.18. The molecule has 4 atom stereocenters. The molecule has 0 saturated heterocycles. The number of benzene rings is 1. The Morgan fingerprint density at radius 1 is 1.28 bits per heavy atom. The fourth-order valence-electron chi connectivity index (χ4n) is 4.47. The van der Waals surface area contributed by atoms with Crippen LogP contribution >= 0.6 is 0 Å². The van der Waals surface area contributed by atoms with Crippen LogP contribution < -0.4 is 10.2 Å². The van der Waals surface area contributed by atoms with Crippen LogP contribution in [0.1, 0.15) is 50.1 Å². The van der Waals surface area contributed by atoms with Crippen molar-refractivity contribution >= 4 is 17.2 Å². The smallest absolute Gasteiger partial charge is 0.223 e.